The highest BCUT2D eigenvalue weighted by Crippen LogP contribution is 2.26. The van der Waals surface area contributed by atoms with E-state index in [4.69, 9.17) is 23.2 Å². The fourth-order valence-corrected chi connectivity index (χ4v) is 2.43. The number of halogens is 4. The SMILES string of the molecule is O=C(Nc1c(F)cccc1Cl)c1cc(Cl)ccc1I. The van der Waals surface area contributed by atoms with Crippen molar-refractivity contribution in [2.24, 2.45) is 0 Å². The van der Waals surface area contributed by atoms with Gasteiger partial charge in [0.15, 0.2) is 0 Å². The summed E-state index contributed by atoms with van der Waals surface area (Å²) in [7, 11) is 0. The van der Waals surface area contributed by atoms with Gasteiger partial charge in [0.05, 0.1) is 16.3 Å². The molecule has 0 spiro atoms. The summed E-state index contributed by atoms with van der Waals surface area (Å²) >= 11 is 13.7. The van der Waals surface area contributed by atoms with E-state index in [1.165, 1.54) is 24.3 Å². The van der Waals surface area contributed by atoms with Crippen LogP contribution in [0.25, 0.3) is 0 Å². The van der Waals surface area contributed by atoms with E-state index in [0.717, 1.165) is 0 Å². The topological polar surface area (TPSA) is 29.1 Å². The first-order valence-electron chi connectivity index (χ1n) is 5.19. The Morgan fingerprint density at radius 3 is 2.63 bits per heavy atom. The monoisotopic (exact) mass is 409 g/mol. The van der Waals surface area contributed by atoms with Crippen LogP contribution in [0, 0.1) is 9.39 Å². The molecule has 1 amide bonds. The lowest BCUT2D eigenvalue weighted by molar-refractivity contribution is 0.102. The maximum atomic E-state index is 13.6. The van der Waals surface area contributed by atoms with Gasteiger partial charge >= 0.3 is 0 Å². The van der Waals surface area contributed by atoms with E-state index in [0.29, 0.717) is 14.2 Å². The summed E-state index contributed by atoms with van der Waals surface area (Å²) in [5.74, 6) is -1.04. The molecule has 0 aliphatic carbocycles. The quantitative estimate of drug-likeness (QED) is 0.695. The second-order valence-corrected chi connectivity index (χ2v) is 5.68. The van der Waals surface area contributed by atoms with Gasteiger partial charge in [-0.25, -0.2) is 4.39 Å². The molecule has 0 aromatic heterocycles. The molecule has 2 rings (SSSR count). The molecule has 19 heavy (non-hydrogen) atoms. The maximum absolute atomic E-state index is 13.6. The molecule has 2 aromatic rings. The Bertz CT molecular complexity index is 628. The Balaban J connectivity index is 2.34. The smallest absolute Gasteiger partial charge is 0.256 e. The fraction of sp³-hybridized carbons (Fsp3) is 0. The molecule has 0 unspecified atom stereocenters. The van der Waals surface area contributed by atoms with E-state index >= 15 is 0 Å². The highest BCUT2D eigenvalue weighted by molar-refractivity contribution is 14.1. The molecule has 0 bridgehead atoms. The second-order valence-electron chi connectivity index (χ2n) is 3.67. The number of hydrogen-bond donors (Lipinski definition) is 1. The van der Waals surface area contributed by atoms with Crippen LogP contribution >= 0.6 is 45.8 Å². The van der Waals surface area contributed by atoms with Crippen molar-refractivity contribution in [1.82, 2.24) is 0 Å². The van der Waals surface area contributed by atoms with Crippen LogP contribution < -0.4 is 5.32 Å². The highest BCUT2D eigenvalue weighted by Gasteiger charge is 2.15. The lowest BCUT2D eigenvalue weighted by Crippen LogP contribution is -2.14. The molecular formula is C13H7Cl2FINO. The van der Waals surface area contributed by atoms with Gasteiger partial charge in [0.2, 0.25) is 0 Å². The highest BCUT2D eigenvalue weighted by atomic mass is 127. The maximum Gasteiger partial charge on any atom is 0.256 e. The molecule has 1 N–H and O–H groups in total. The molecular weight excluding hydrogens is 403 g/mol. The number of carbonyl (C=O) groups excluding carboxylic acids is 1. The van der Waals surface area contributed by atoms with Crippen molar-refractivity contribution in [2.75, 3.05) is 5.32 Å². The van der Waals surface area contributed by atoms with Crippen molar-refractivity contribution in [3.63, 3.8) is 0 Å². The molecule has 6 heteroatoms. The van der Waals surface area contributed by atoms with Crippen LogP contribution in [-0.4, -0.2) is 5.91 Å². The summed E-state index contributed by atoms with van der Waals surface area (Å²) in [6.45, 7) is 0. The molecule has 0 fully saturated rings. The Labute approximate surface area is 133 Å². The number of hydrogen-bond acceptors (Lipinski definition) is 1. The van der Waals surface area contributed by atoms with E-state index < -0.39 is 11.7 Å². The Kier molecular flexibility index (Phi) is 4.65. The summed E-state index contributed by atoms with van der Waals surface area (Å²) in [5.41, 5.74) is 0.331. The molecule has 0 radical (unpaired) electrons. The number of carbonyl (C=O) groups is 1. The number of anilines is 1. The molecule has 0 saturated carbocycles. The largest absolute Gasteiger partial charge is 0.318 e. The van der Waals surface area contributed by atoms with Gasteiger partial charge in [-0.1, -0.05) is 29.3 Å². The van der Waals surface area contributed by atoms with Crippen LogP contribution in [0.3, 0.4) is 0 Å². The third-order valence-corrected chi connectivity index (χ3v) is 3.87. The van der Waals surface area contributed by atoms with E-state index in [9.17, 15) is 9.18 Å². The third kappa shape index (κ3) is 3.38. The first-order chi connectivity index (χ1) is 8.99. The first-order valence-corrected chi connectivity index (χ1v) is 7.03. The van der Waals surface area contributed by atoms with E-state index in [1.807, 2.05) is 22.6 Å². The normalized spacial score (nSPS) is 10.3. The molecule has 0 aliphatic rings. The van der Waals surface area contributed by atoms with Gasteiger partial charge in [0.25, 0.3) is 5.91 Å². The van der Waals surface area contributed by atoms with Gasteiger partial charge in [-0.05, 0) is 52.9 Å². The number of benzene rings is 2. The summed E-state index contributed by atoms with van der Waals surface area (Å²) in [6, 6.07) is 9.11. The van der Waals surface area contributed by atoms with Gasteiger partial charge in [0, 0.05) is 8.59 Å². The summed E-state index contributed by atoms with van der Waals surface area (Å²) in [6.07, 6.45) is 0. The lowest BCUT2D eigenvalue weighted by atomic mass is 10.2. The minimum Gasteiger partial charge on any atom is -0.318 e. The fourth-order valence-electron chi connectivity index (χ4n) is 1.47. The van der Waals surface area contributed by atoms with E-state index in [2.05, 4.69) is 5.32 Å². The number of para-hydroxylation sites is 1. The van der Waals surface area contributed by atoms with Crippen LogP contribution in [0.15, 0.2) is 36.4 Å². The van der Waals surface area contributed by atoms with Crippen LogP contribution in [0.5, 0.6) is 0 Å². The third-order valence-electron chi connectivity index (χ3n) is 2.37. The lowest BCUT2D eigenvalue weighted by Gasteiger charge is -2.09. The van der Waals surface area contributed by atoms with Crippen molar-refractivity contribution < 1.29 is 9.18 Å². The molecule has 0 aliphatic heterocycles. The van der Waals surface area contributed by atoms with Crippen molar-refractivity contribution >= 4 is 57.4 Å². The van der Waals surface area contributed by atoms with Crippen LogP contribution in [0.4, 0.5) is 10.1 Å². The molecule has 2 nitrogen and oxygen atoms in total. The zero-order chi connectivity index (χ0) is 14.0. The van der Waals surface area contributed by atoms with Crippen molar-refractivity contribution in [3.8, 4) is 0 Å². The Morgan fingerprint density at radius 2 is 1.95 bits per heavy atom. The van der Waals surface area contributed by atoms with Crippen molar-refractivity contribution in [2.45, 2.75) is 0 Å². The summed E-state index contributed by atoms with van der Waals surface area (Å²) < 4.78 is 14.3. The summed E-state index contributed by atoms with van der Waals surface area (Å²) in [4.78, 5) is 12.1. The minimum atomic E-state index is -0.585. The predicted octanol–water partition coefficient (Wildman–Crippen LogP) is 4.99. The minimum absolute atomic E-state index is 0.0371. The average Bonchev–Trinajstić information content (AvgIpc) is 2.37. The number of amides is 1. The Hall–Kier alpha value is -0.850. The van der Waals surface area contributed by atoms with Crippen LogP contribution in [-0.2, 0) is 0 Å². The van der Waals surface area contributed by atoms with Gasteiger partial charge < -0.3 is 5.32 Å². The summed E-state index contributed by atoms with van der Waals surface area (Å²) in [5, 5.41) is 3.03. The van der Waals surface area contributed by atoms with Crippen molar-refractivity contribution in [3.05, 3.63) is 61.4 Å². The van der Waals surface area contributed by atoms with Crippen molar-refractivity contribution in [1.29, 1.82) is 0 Å². The van der Waals surface area contributed by atoms with E-state index in [1.54, 1.807) is 12.1 Å². The van der Waals surface area contributed by atoms with Crippen LogP contribution in [0.2, 0.25) is 10.0 Å². The van der Waals surface area contributed by atoms with Crippen LogP contribution in [0.1, 0.15) is 10.4 Å². The first kappa shape index (κ1) is 14.6. The zero-order valence-corrected chi connectivity index (χ0v) is 13.1. The molecule has 98 valence electrons. The predicted molar refractivity (Wildman–Crippen MR) is 83.5 cm³/mol. The molecule has 0 saturated heterocycles. The average molecular weight is 410 g/mol. The number of rotatable bonds is 2. The second kappa shape index (κ2) is 6.07. The van der Waals surface area contributed by atoms with Gasteiger partial charge in [-0.3, -0.25) is 4.79 Å². The zero-order valence-electron chi connectivity index (χ0n) is 9.38. The molecule has 2 aromatic carbocycles. The van der Waals surface area contributed by atoms with Gasteiger partial charge in [0.1, 0.15) is 5.82 Å². The molecule has 0 atom stereocenters. The Morgan fingerprint density at radius 1 is 1.21 bits per heavy atom. The molecule has 0 heterocycles. The standard InChI is InChI=1S/C13H7Cl2FINO/c14-7-4-5-11(17)8(6-7)13(19)18-12-9(15)2-1-3-10(12)16/h1-6H,(H,18,19). The van der Waals surface area contributed by atoms with Gasteiger partial charge in [-0.2, -0.15) is 0 Å². The van der Waals surface area contributed by atoms with Gasteiger partial charge in [-0.15, -0.1) is 0 Å². The number of nitrogens with one attached hydrogen (secondary N) is 1. The van der Waals surface area contributed by atoms with E-state index in [-0.39, 0.29) is 10.7 Å².